The van der Waals surface area contributed by atoms with Gasteiger partial charge in [0.2, 0.25) is 0 Å². The molecule has 0 aliphatic heterocycles. The first kappa shape index (κ1) is 18.6. The van der Waals surface area contributed by atoms with Crippen molar-refractivity contribution >= 4 is 33.6 Å². The van der Waals surface area contributed by atoms with Gasteiger partial charge in [-0.05, 0) is 47.4 Å². The summed E-state index contributed by atoms with van der Waals surface area (Å²) in [6.07, 6.45) is 2.41. The number of nitrogens with zero attached hydrogens (tertiary/aromatic N) is 1. The second-order valence-corrected chi connectivity index (χ2v) is 6.85. The summed E-state index contributed by atoms with van der Waals surface area (Å²) in [5.41, 5.74) is 3.91. The zero-order valence-electron chi connectivity index (χ0n) is 14.5. The Morgan fingerprint density at radius 2 is 1.63 bits per heavy atom. The van der Waals surface area contributed by atoms with E-state index in [4.69, 9.17) is 0 Å². The van der Waals surface area contributed by atoms with Crippen molar-refractivity contribution in [3.8, 4) is 6.07 Å². The summed E-state index contributed by atoms with van der Waals surface area (Å²) in [6.45, 7) is 0. The van der Waals surface area contributed by atoms with Crippen LogP contribution in [0.3, 0.4) is 0 Å². The first-order chi connectivity index (χ1) is 13.2. The molecule has 0 aliphatic rings. The lowest BCUT2D eigenvalue weighted by molar-refractivity contribution is -0.112. The molecule has 1 N–H and O–H groups in total. The van der Waals surface area contributed by atoms with Gasteiger partial charge in [-0.15, -0.1) is 0 Å². The maximum Gasteiger partial charge on any atom is 0.266 e. The van der Waals surface area contributed by atoms with Gasteiger partial charge in [0.05, 0.1) is 0 Å². The molecule has 0 atom stereocenters. The molecule has 0 heterocycles. The Kier molecular flexibility index (Phi) is 6.19. The van der Waals surface area contributed by atoms with Crippen molar-refractivity contribution in [3.05, 3.63) is 106 Å². The van der Waals surface area contributed by atoms with Gasteiger partial charge in [-0.3, -0.25) is 4.79 Å². The molecule has 0 spiro atoms. The number of nitriles is 1. The lowest BCUT2D eigenvalue weighted by Gasteiger charge is -2.06. The first-order valence-electron chi connectivity index (χ1n) is 8.46. The number of carbonyl (C=O) groups excluding carboxylic acids is 1. The molecule has 0 saturated heterocycles. The average molecular weight is 417 g/mol. The third-order valence-corrected chi connectivity index (χ3v) is 4.81. The highest BCUT2D eigenvalue weighted by Crippen LogP contribution is 2.20. The number of anilines is 1. The van der Waals surface area contributed by atoms with E-state index in [1.54, 1.807) is 18.2 Å². The molecule has 0 fully saturated rings. The molecule has 3 nitrogen and oxygen atoms in total. The maximum atomic E-state index is 12.3. The number of amides is 1. The van der Waals surface area contributed by atoms with Gasteiger partial charge in [0.25, 0.3) is 5.91 Å². The van der Waals surface area contributed by atoms with E-state index in [1.165, 1.54) is 5.56 Å². The molecule has 132 valence electrons. The van der Waals surface area contributed by atoms with Crippen molar-refractivity contribution in [2.75, 3.05) is 5.32 Å². The maximum absolute atomic E-state index is 12.3. The van der Waals surface area contributed by atoms with Gasteiger partial charge < -0.3 is 5.32 Å². The molecule has 4 heteroatoms. The van der Waals surface area contributed by atoms with E-state index >= 15 is 0 Å². The molecule has 1 amide bonds. The van der Waals surface area contributed by atoms with Gasteiger partial charge in [0.1, 0.15) is 11.6 Å². The number of nitrogens with one attached hydrogen (secondary N) is 1. The van der Waals surface area contributed by atoms with E-state index in [0.29, 0.717) is 5.69 Å². The van der Waals surface area contributed by atoms with Crippen molar-refractivity contribution in [2.24, 2.45) is 0 Å². The number of rotatable bonds is 5. The van der Waals surface area contributed by atoms with Crippen LogP contribution in [0.4, 0.5) is 5.69 Å². The number of hydrogen-bond acceptors (Lipinski definition) is 2. The Labute approximate surface area is 167 Å². The second kappa shape index (κ2) is 8.98. The number of halogens is 1. The van der Waals surface area contributed by atoms with Gasteiger partial charge >= 0.3 is 0 Å². The summed E-state index contributed by atoms with van der Waals surface area (Å²) in [4.78, 5) is 12.3. The predicted octanol–water partition coefficient (Wildman–Crippen LogP) is 5.59. The zero-order valence-corrected chi connectivity index (χ0v) is 16.1. The molecule has 3 aromatic rings. The van der Waals surface area contributed by atoms with E-state index < -0.39 is 5.91 Å². The lowest BCUT2D eigenvalue weighted by Crippen LogP contribution is -2.13. The summed E-state index contributed by atoms with van der Waals surface area (Å²) in [5.74, 6) is -0.416. The fourth-order valence-corrected chi connectivity index (χ4v) is 3.05. The lowest BCUT2D eigenvalue weighted by atomic mass is 10.0. The van der Waals surface area contributed by atoms with Crippen LogP contribution in [0.1, 0.15) is 16.7 Å². The van der Waals surface area contributed by atoms with Crippen molar-refractivity contribution in [2.45, 2.75) is 6.42 Å². The Morgan fingerprint density at radius 3 is 2.30 bits per heavy atom. The number of carbonyl (C=O) groups is 1. The van der Waals surface area contributed by atoms with Crippen LogP contribution in [0.2, 0.25) is 0 Å². The summed E-state index contributed by atoms with van der Waals surface area (Å²) in [7, 11) is 0. The fourth-order valence-electron chi connectivity index (χ4n) is 2.63. The molecule has 0 saturated carbocycles. The van der Waals surface area contributed by atoms with Crippen LogP contribution in [0.25, 0.3) is 6.08 Å². The van der Waals surface area contributed by atoms with Crippen LogP contribution >= 0.6 is 15.9 Å². The van der Waals surface area contributed by atoms with Crippen LogP contribution in [0, 0.1) is 11.3 Å². The summed E-state index contributed by atoms with van der Waals surface area (Å²) < 4.78 is 1.08. The van der Waals surface area contributed by atoms with Crippen molar-refractivity contribution in [1.82, 2.24) is 0 Å². The molecular formula is C23H17BrN2O. The topological polar surface area (TPSA) is 52.9 Å². The molecular weight excluding hydrogens is 400 g/mol. The molecule has 0 unspecified atom stereocenters. The van der Waals surface area contributed by atoms with E-state index in [-0.39, 0.29) is 5.57 Å². The molecule has 3 rings (SSSR count). The van der Waals surface area contributed by atoms with Crippen LogP contribution in [0.5, 0.6) is 0 Å². The minimum absolute atomic E-state index is 0.0670. The van der Waals surface area contributed by atoms with E-state index in [1.807, 2.05) is 66.7 Å². The van der Waals surface area contributed by atoms with E-state index in [0.717, 1.165) is 22.0 Å². The smallest absolute Gasteiger partial charge is 0.266 e. The largest absolute Gasteiger partial charge is 0.321 e. The molecule has 0 aromatic heterocycles. The SMILES string of the molecule is N#C/C(=C\c1ccc(Cc2ccccc2Br)cc1)C(=O)Nc1ccccc1. The van der Waals surface area contributed by atoms with Crippen LogP contribution < -0.4 is 5.32 Å². The molecule has 27 heavy (non-hydrogen) atoms. The highest BCUT2D eigenvalue weighted by atomic mass is 79.9. The van der Waals surface area contributed by atoms with Crippen molar-refractivity contribution < 1.29 is 4.79 Å². The summed E-state index contributed by atoms with van der Waals surface area (Å²) in [5, 5.41) is 12.1. The highest BCUT2D eigenvalue weighted by molar-refractivity contribution is 9.10. The number of para-hydroxylation sites is 1. The fraction of sp³-hybridized carbons (Fsp3) is 0.0435. The Hall–Kier alpha value is -3.16. The van der Waals surface area contributed by atoms with Gasteiger partial charge in [0.15, 0.2) is 0 Å². The highest BCUT2D eigenvalue weighted by Gasteiger charge is 2.09. The normalized spacial score (nSPS) is 10.9. The number of benzene rings is 3. The standard InChI is InChI=1S/C23H17BrN2O/c24-22-9-5-4-6-19(22)14-17-10-12-18(13-11-17)15-20(16-25)23(27)26-21-7-2-1-3-8-21/h1-13,15H,14H2,(H,26,27)/b20-15+. The van der Waals surface area contributed by atoms with Crippen molar-refractivity contribution in [1.29, 1.82) is 5.26 Å². The average Bonchev–Trinajstić information content (AvgIpc) is 2.70. The Bertz CT molecular complexity index is 1000. The third-order valence-electron chi connectivity index (χ3n) is 4.04. The van der Waals surface area contributed by atoms with Gasteiger partial charge in [-0.2, -0.15) is 5.26 Å². The second-order valence-electron chi connectivity index (χ2n) is 6.00. The number of hydrogen-bond donors (Lipinski definition) is 1. The van der Waals surface area contributed by atoms with Crippen LogP contribution in [0.15, 0.2) is 88.9 Å². The molecule has 0 aliphatic carbocycles. The minimum atomic E-state index is -0.416. The van der Waals surface area contributed by atoms with E-state index in [2.05, 4.69) is 27.3 Å². The zero-order chi connectivity index (χ0) is 19.1. The predicted molar refractivity (Wildman–Crippen MR) is 112 cm³/mol. The monoisotopic (exact) mass is 416 g/mol. The van der Waals surface area contributed by atoms with Gasteiger partial charge in [-0.1, -0.05) is 76.6 Å². The quantitative estimate of drug-likeness (QED) is 0.435. The summed E-state index contributed by atoms with van der Waals surface area (Å²) in [6, 6.07) is 27.0. The molecule has 3 aromatic carbocycles. The first-order valence-corrected chi connectivity index (χ1v) is 9.25. The van der Waals surface area contributed by atoms with Gasteiger partial charge in [-0.25, -0.2) is 0 Å². The van der Waals surface area contributed by atoms with Crippen LogP contribution in [-0.4, -0.2) is 5.91 Å². The van der Waals surface area contributed by atoms with Crippen molar-refractivity contribution in [3.63, 3.8) is 0 Å². The van der Waals surface area contributed by atoms with Gasteiger partial charge in [0, 0.05) is 10.2 Å². The molecule has 0 radical (unpaired) electrons. The summed E-state index contributed by atoms with van der Waals surface area (Å²) >= 11 is 3.56. The van der Waals surface area contributed by atoms with E-state index in [9.17, 15) is 10.1 Å². The molecule has 0 bridgehead atoms. The van der Waals surface area contributed by atoms with Crippen LogP contribution in [-0.2, 0) is 11.2 Å². The Balaban J connectivity index is 1.72. The third kappa shape index (κ3) is 5.16. The Morgan fingerprint density at radius 1 is 0.963 bits per heavy atom. The minimum Gasteiger partial charge on any atom is -0.321 e.